The first-order valence-corrected chi connectivity index (χ1v) is 9.37. The molecule has 3 aromatic rings. The van der Waals surface area contributed by atoms with Crippen molar-refractivity contribution in [3.8, 4) is 0 Å². The zero-order chi connectivity index (χ0) is 20.1. The third-order valence-electron chi connectivity index (χ3n) is 3.56. The predicted octanol–water partition coefficient (Wildman–Crippen LogP) is 3.15. The minimum Gasteiger partial charge on any atom is -0.449 e. The molecule has 2 heterocycles. The summed E-state index contributed by atoms with van der Waals surface area (Å²) in [5.41, 5.74) is 0.348. The second-order valence-corrected chi connectivity index (χ2v) is 6.90. The smallest absolute Gasteiger partial charge is 0.340 e. The molecule has 0 aliphatic rings. The molecule has 1 atom stereocenters. The van der Waals surface area contributed by atoms with Crippen molar-refractivity contribution in [3.05, 3.63) is 53.4 Å². The molecule has 0 unspecified atom stereocenters. The summed E-state index contributed by atoms with van der Waals surface area (Å²) in [6.45, 7) is 4.92. The lowest BCUT2D eigenvalue weighted by molar-refractivity contribution is -0.123. The number of carbonyl (C=O) groups excluding carboxylic acids is 2. The van der Waals surface area contributed by atoms with E-state index in [4.69, 9.17) is 13.8 Å². The first-order chi connectivity index (χ1) is 13.4. The third kappa shape index (κ3) is 4.97. The van der Waals surface area contributed by atoms with E-state index in [1.54, 1.807) is 44.2 Å². The van der Waals surface area contributed by atoms with E-state index in [0.717, 1.165) is 0 Å². The van der Waals surface area contributed by atoms with Crippen molar-refractivity contribution in [2.45, 2.75) is 37.5 Å². The molecule has 0 spiro atoms. The zero-order valence-corrected chi connectivity index (χ0v) is 16.3. The van der Waals surface area contributed by atoms with E-state index in [1.807, 2.05) is 0 Å². The van der Waals surface area contributed by atoms with E-state index in [0.29, 0.717) is 33.7 Å². The van der Waals surface area contributed by atoms with Crippen LogP contribution in [0.3, 0.4) is 0 Å². The Kier molecular flexibility index (Phi) is 6.09. The fourth-order valence-electron chi connectivity index (χ4n) is 2.23. The molecule has 1 aromatic carbocycles. The number of benzene rings is 1. The molecule has 9 nitrogen and oxygen atoms in total. The van der Waals surface area contributed by atoms with Crippen LogP contribution in [0.25, 0.3) is 0 Å². The number of amides is 1. The molecule has 0 fully saturated rings. The van der Waals surface area contributed by atoms with Gasteiger partial charge in [0, 0.05) is 11.0 Å². The summed E-state index contributed by atoms with van der Waals surface area (Å²) in [5, 5.41) is 9.94. The number of rotatable bonds is 7. The number of thioether (sulfide) groups is 1. The van der Waals surface area contributed by atoms with E-state index in [1.165, 1.54) is 18.7 Å². The summed E-state index contributed by atoms with van der Waals surface area (Å²) in [5.74, 6) is 1.12. The van der Waals surface area contributed by atoms with E-state index in [-0.39, 0.29) is 5.82 Å². The Bertz CT molecular complexity index is 984. The molecule has 0 saturated heterocycles. The number of esters is 1. The molecule has 0 bridgehead atoms. The minimum absolute atomic E-state index is 0.260. The van der Waals surface area contributed by atoms with Crippen LogP contribution < -0.4 is 5.32 Å². The summed E-state index contributed by atoms with van der Waals surface area (Å²) in [6, 6.07) is 8.52. The van der Waals surface area contributed by atoms with Gasteiger partial charge in [-0.2, -0.15) is 4.98 Å². The summed E-state index contributed by atoms with van der Waals surface area (Å²) >= 11 is 1.36. The number of carbonyl (C=O) groups is 2. The van der Waals surface area contributed by atoms with Gasteiger partial charge in [0.1, 0.15) is 5.76 Å². The number of ether oxygens (including phenoxy) is 1. The van der Waals surface area contributed by atoms with Gasteiger partial charge in [-0.1, -0.05) is 22.4 Å². The number of aryl methyl sites for hydroxylation is 2. The topological polar surface area (TPSA) is 120 Å². The minimum atomic E-state index is -1.01. The average molecular weight is 402 g/mol. The fourth-order valence-corrected chi connectivity index (χ4v) is 3.11. The lowest BCUT2D eigenvalue weighted by atomic mass is 10.2. The normalized spacial score (nSPS) is 11.8. The van der Waals surface area contributed by atoms with Crippen LogP contribution in [0.15, 0.2) is 44.3 Å². The highest BCUT2D eigenvalue weighted by molar-refractivity contribution is 7.98. The van der Waals surface area contributed by atoms with Crippen molar-refractivity contribution in [2.24, 2.45) is 0 Å². The molecular weight excluding hydrogens is 384 g/mol. The summed E-state index contributed by atoms with van der Waals surface area (Å²) < 4.78 is 15.3. The van der Waals surface area contributed by atoms with Crippen molar-refractivity contribution >= 4 is 29.5 Å². The van der Waals surface area contributed by atoms with Crippen molar-refractivity contribution in [3.63, 3.8) is 0 Å². The summed E-state index contributed by atoms with van der Waals surface area (Å²) in [6.07, 6.45) is -1.01. The van der Waals surface area contributed by atoms with Crippen LogP contribution in [0.4, 0.5) is 5.82 Å². The highest BCUT2D eigenvalue weighted by Gasteiger charge is 2.22. The van der Waals surface area contributed by atoms with Crippen molar-refractivity contribution in [1.29, 1.82) is 0 Å². The Labute approximate surface area is 164 Å². The number of hydrogen-bond acceptors (Lipinski definition) is 9. The SMILES string of the molecule is Cc1noc(CSc2ccccc2C(=O)O[C@H](C)C(=O)Nc2cc(C)on2)n1. The van der Waals surface area contributed by atoms with E-state index < -0.39 is 18.0 Å². The van der Waals surface area contributed by atoms with E-state index in [2.05, 4.69) is 20.6 Å². The Hall–Kier alpha value is -3.14. The second-order valence-electron chi connectivity index (χ2n) is 5.88. The van der Waals surface area contributed by atoms with Crippen molar-refractivity contribution in [2.75, 3.05) is 5.32 Å². The maximum Gasteiger partial charge on any atom is 0.340 e. The predicted molar refractivity (Wildman–Crippen MR) is 99.8 cm³/mol. The third-order valence-corrected chi connectivity index (χ3v) is 4.62. The number of nitrogens with one attached hydrogen (secondary N) is 1. The van der Waals surface area contributed by atoms with Crippen molar-refractivity contribution < 1.29 is 23.4 Å². The molecular formula is C18H18N4O5S. The van der Waals surface area contributed by atoms with Crippen LogP contribution in [0.5, 0.6) is 0 Å². The van der Waals surface area contributed by atoms with E-state index in [9.17, 15) is 9.59 Å². The zero-order valence-electron chi connectivity index (χ0n) is 15.5. The van der Waals surface area contributed by atoms with Gasteiger partial charge >= 0.3 is 5.97 Å². The van der Waals surface area contributed by atoms with Crippen LogP contribution in [0.2, 0.25) is 0 Å². The number of nitrogens with zero attached hydrogens (tertiary/aromatic N) is 3. The first-order valence-electron chi connectivity index (χ1n) is 8.38. The van der Waals surface area contributed by atoms with Gasteiger partial charge in [-0.15, -0.1) is 11.8 Å². The van der Waals surface area contributed by atoms with Crippen LogP contribution in [0, 0.1) is 13.8 Å². The molecule has 10 heteroatoms. The van der Waals surface area contributed by atoms with Crippen LogP contribution in [-0.2, 0) is 15.3 Å². The highest BCUT2D eigenvalue weighted by atomic mass is 32.2. The largest absolute Gasteiger partial charge is 0.449 e. The van der Waals surface area contributed by atoms with Gasteiger partial charge in [0.05, 0.1) is 11.3 Å². The molecule has 0 saturated carbocycles. The molecule has 28 heavy (non-hydrogen) atoms. The Morgan fingerprint density at radius 2 is 2.00 bits per heavy atom. The highest BCUT2D eigenvalue weighted by Crippen LogP contribution is 2.26. The van der Waals surface area contributed by atoms with Crippen LogP contribution in [0.1, 0.15) is 34.8 Å². The van der Waals surface area contributed by atoms with Gasteiger partial charge in [-0.25, -0.2) is 4.79 Å². The molecule has 0 radical (unpaired) electrons. The number of anilines is 1. The van der Waals surface area contributed by atoms with E-state index >= 15 is 0 Å². The maximum atomic E-state index is 12.6. The van der Waals surface area contributed by atoms with Gasteiger partial charge in [0.15, 0.2) is 17.7 Å². The van der Waals surface area contributed by atoms with Gasteiger partial charge in [0.2, 0.25) is 5.89 Å². The Morgan fingerprint density at radius 1 is 1.21 bits per heavy atom. The maximum absolute atomic E-state index is 12.6. The van der Waals surface area contributed by atoms with Gasteiger partial charge in [-0.3, -0.25) is 4.79 Å². The number of aromatic nitrogens is 3. The Balaban J connectivity index is 1.62. The van der Waals surface area contributed by atoms with Crippen LogP contribution in [-0.4, -0.2) is 33.3 Å². The molecule has 0 aliphatic heterocycles. The lowest BCUT2D eigenvalue weighted by Gasteiger charge is -2.14. The molecule has 0 aliphatic carbocycles. The lowest BCUT2D eigenvalue weighted by Crippen LogP contribution is -2.30. The Morgan fingerprint density at radius 3 is 2.68 bits per heavy atom. The van der Waals surface area contributed by atoms with Gasteiger partial charge in [0.25, 0.3) is 5.91 Å². The monoisotopic (exact) mass is 402 g/mol. The summed E-state index contributed by atoms with van der Waals surface area (Å²) in [7, 11) is 0. The molecule has 1 N–H and O–H groups in total. The molecule has 2 aromatic heterocycles. The van der Waals surface area contributed by atoms with Gasteiger partial charge < -0.3 is 19.1 Å². The fraction of sp³-hybridized carbons (Fsp3) is 0.278. The quantitative estimate of drug-likeness (QED) is 0.469. The second kappa shape index (κ2) is 8.70. The summed E-state index contributed by atoms with van der Waals surface area (Å²) in [4.78, 5) is 29.6. The molecule has 1 amide bonds. The van der Waals surface area contributed by atoms with Crippen LogP contribution >= 0.6 is 11.8 Å². The average Bonchev–Trinajstić information content (AvgIpc) is 3.27. The standard InChI is InChI=1S/C18H18N4O5S/c1-10-8-15(22-26-10)20-17(23)11(2)25-18(24)13-6-4-5-7-14(13)28-9-16-19-12(3)21-27-16/h4-8,11H,9H2,1-3H3,(H,20,22,23)/t11-/m1/s1. The van der Waals surface area contributed by atoms with Crippen molar-refractivity contribution in [1.82, 2.24) is 15.3 Å². The van der Waals surface area contributed by atoms with Gasteiger partial charge in [-0.05, 0) is 32.9 Å². The molecule has 146 valence electrons. The molecule has 3 rings (SSSR count). The first kappa shape index (κ1) is 19.6. The number of hydrogen-bond donors (Lipinski definition) is 1.